The maximum Gasteiger partial charge on any atom is 0.255 e. The zero-order valence-corrected chi connectivity index (χ0v) is 17.1. The average Bonchev–Trinajstić information content (AvgIpc) is 2.96. The Balaban J connectivity index is 1.71. The van der Waals surface area contributed by atoms with E-state index in [0.29, 0.717) is 6.54 Å². The molecule has 0 amide bonds. The lowest BCUT2D eigenvalue weighted by atomic mass is 10.0. The average molecular weight is 392 g/mol. The minimum absolute atomic E-state index is 0.0835. The number of nitrogens with zero attached hydrogens (tertiary/aromatic N) is 3. The first-order valence-electron chi connectivity index (χ1n) is 9.82. The number of fused-ring (bicyclic) bond motifs is 1. The number of rotatable bonds is 4. The summed E-state index contributed by atoms with van der Waals surface area (Å²) in [7, 11) is 0. The first kappa shape index (κ1) is 19.2. The van der Waals surface area contributed by atoms with E-state index in [1.807, 2.05) is 32.2 Å². The van der Waals surface area contributed by atoms with Gasteiger partial charge >= 0.3 is 0 Å². The summed E-state index contributed by atoms with van der Waals surface area (Å²) in [5.74, 6) is 0.651. The zero-order chi connectivity index (χ0) is 20.7. The van der Waals surface area contributed by atoms with E-state index < -0.39 is 0 Å². The summed E-state index contributed by atoms with van der Waals surface area (Å²) >= 11 is 0. The van der Waals surface area contributed by atoms with Gasteiger partial charge < -0.3 is 10.2 Å². The third kappa shape index (κ3) is 3.50. The van der Waals surface area contributed by atoms with Crippen LogP contribution in [-0.4, -0.2) is 27.4 Å². The van der Waals surface area contributed by atoms with E-state index in [0.717, 1.165) is 33.9 Å². The summed E-state index contributed by atoms with van der Waals surface area (Å²) in [6.07, 6.45) is 5.70. The van der Waals surface area contributed by atoms with Gasteiger partial charge in [0.25, 0.3) is 5.56 Å². The molecule has 2 aliphatic heterocycles. The predicted octanol–water partition coefficient (Wildman–Crippen LogP) is 3.58. The molecule has 150 valence electrons. The lowest BCUT2D eigenvalue weighted by Crippen LogP contribution is -2.39. The molecule has 1 N–H and O–H groups in total. The molecule has 2 unspecified atom stereocenters. The molecule has 2 aromatic rings. The highest BCUT2D eigenvalue weighted by Gasteiger charge is 2.33. The van der Waals surface area contributed by atoms with Gasteiger partial charge in [-0.25, -0.2) is 4.39 Å². The number of nitrogens with one attached hydrogen (secondary N) is 1. The van der Waals surface area contributed by atoms with E-state index >= 15 is 0 Å². The second kappa shape index (κ2) is 7.35. The summed E-state index contributed by atoms with van der Waals surface area (Å²) in [4.78, 5) is 19.3. The Labute approximate surface area is 169 Å². The number of allylic oxidation sites excluding steroid dienone is 2. The Morgan fingerprint density at radius 1 is 1.17 bits per heavy atom. The first-order chi connectivity index (χ1) is 13.8. The summed E-state index contributed by atoms with van der Waals surface area (Å²) in [5.41, 5.74) is 4.44. The number of benzene rings is 1. The van der Waals surface area contributed by atoms with Crippen molar-refractivity contribution < 1.29 is 4.39 Å². The minimum atomic E-state index is -0.219. The Morgan fingerprint density at radius 2 is 1.90 bits per heavy atom. The smallest absolute Gasteiger partial charge is 0.255 e. The van der Waals surface area contributed by atoms with Gasteiger partial charge in [-0.3, -0.25) is 14.4 Å². The molecule has 1 aromatic carbocycles. The molecule has 6 heteroatoms. The van der Waals surface area contributed by atoms with Crippen LogP contribution in [0.5, 0.6) is 0 Å². The molecular formula is C23H25FN4O. The fourth-order valence-corrected chi connectivity index (χ4v) is 3.88. The van der Waals surface area contributed by atoms with Crippen molar-refractivity contribution in [3.05, 3.63) is 87.4 Å². The molecule has 1 aromatic heterocycles. The van der Waals surface area contributed by atoms with Gasteiger partial charge in [-0.15, -0.1) is 0 Å². The van der Waals surface area contributed by atoms with Crippen LogP contribution in [0.2, 0.25) is 0 Å². The molecule has 0 radical (unpaired) electrons. The summed E-state index contributed by atoms with van der Waals surface area (Å²) < 4.78 is 15.3. The third-order valence-electron chi connectivity index (χ3n) is 5.73. The summed E-state index contributed by atoms with van der Waals surface area (Å²) in [6, 6.07) is 8.57. The molecule has 0 aliphatic carbocycles. The number of aromatic nitrogens is 1. The van der Waals surface area contributed by atoms with Crippen LogP contribution < -0.4 is 10.9 Å². The van der Waals surface area contributed by atoms with E-state index in [4.69, 9.17) is 4.99 Å². The maximum atomic E-state index is 13.6. The van der Waals surface area contributed by atoms with Crippen LogP contribution in [0.4, 0.5) is 4.39 Å². The minimum Gasteiger partial charge on any atom is -0.378 e. The van der Waals surface area contributed by atoms with Crippen LogP contribution in [0.1, 0.15) is 30.5 Å². The second-order valence-electron chi connectivity index (χ2n) is 7.73. The molecule has 2 aliphatic rings. The molecule has 5 nitrogen and oxygen atoms in total. The summed E-state index contributed by atoms with van der Waals surface area (Å²) in [6.45, 7) is 8.60. The van der Waals surface area contributed by atoms with Crippen molar-refractivity contribution in [2.75, 3.05) is 0 Å². The lowest BCUT2D eigenvalue weighted by molar-refractivity contribution is 0.418. The number of halogens is 1. The molecule has 29 heavy (non-hydrogen) atoms. The van der Waals surface area contributed by atoms with Gasteiger partial charge in [-0.2, -0.15) is 0 Å². The van der Waals surface area contributed by atoms with Gasteiger partial charge in [-0.1, -0.05) is 6.07 Å². The van der Waals surface area contributed by atoms with Crippen LogP contribution in [0.3, 0.4) is 0 Å². The Hall–Kier alpha value is -3.15. The van der Waals surface area contributed by atoms with Gasteiger partial charge in [0.15, 0.2) is 5.84 Å². The monoisotopic (exact) mass is 392 g/mol. The van der Waals surface area contributed by atoms with E-state index in [2.05, 4.69) is 24.1 Å². The Kier molecular flexibility index (Phi) is 4.86. The number of aliphatic imine (C=N–C) groups is 1. The number of pyridine rings is 1. The van der Waals surface area contributed by atoms with Gasteiger partial charge in [-0.05, 0) is 68.7 Å². The SMILES string of the molecule is Cc1cc(F)cc(C)c1CNC1=CC(n2ccccc2=O)=CN2C1=NC(C)C2C. The van der Waals surface area contributed by atoms with E-state index in [1.54, 1.807) is 35.0 Å². The highest BCUT2D eigenvalue weighted by Crippen LogP contribution is 2.28. The van der Waals surface area contributed by atoms with Gasteiger partial charge in [0.2, 0.25) is 0 Å². The normalized spacial score (nSPS) is 20.7. The quantitative estimate of drug-likeness (QED) is 0.865. The van der Waals surface area contributed by atoms with E-state index in [9.17, 15) is 9.18 Å². The van der Waals surface area contributed by atoms with E-state index in [-0.39, 0.29) is 23.5 Å². The molecule has 0 bridgehead atoms. The fraction of sp³-hybridized carbons (Fsp3) is 0.304. The van der Waals surface area contributed by atoms with Gasteiger partial charge in [0.1, 0.15) is 5.82 Å². The largest absolute Gasteiger partial charge is 0.378 e. The first-order valence-corrected chi connectivity index (χ1v) is 9.82. The number of aryl methyl sites for hydroxylation is 2. The zero-order valence-electron chi connectivity index (χ0n) is 17.1. The van der Waals surface area contributed by atoms with Crippen LogP contribution in [0.15, 0.2) is 64.3 Å². The lowest BCUT2D eigenvalue weighted by Gasteiger charge is -2.29. The highest BCUT2D eigenvalue weighted by molar-refractivity contribution is 6.03. The van der Waals surface area contributed by atoms with Gasteiger partial charge in [0, 0.05) is 25.0 Å². The van der Waals surface area contributed by atoms with E-state index in [1.165, 1.54) is 0 Å². The molecule has 0 saturated carbocycles. The standard InChI is InChI=1S/C23H25FN4O/c1-14-9-18(24)10-15(2)20(14)12-25-21-11-19(27-8-6-5-7-22(27)29)13-28-17(4)16(3)26-23(21)28/h5-11,13,16-17,25H,12H2,1-4H3. The number of amidine groups is 1. The van der Waals surface area contributed by atoms with Crippen LogP contribution in [-0.2, 0) is 6.54 Å². The van der Waals surface area contributed by atoms with Crippen molar-refractivity contribution >= 4 is 11.5 Å². The summed E-state index contributed by atoms with van der Waals surface area (Å²) in [5, 5.41) is 3.48. The number of hydrogen-bond acceptors (Lipinski definition) is 4. The predicted molar refractivity (Wildman–Crippen MR) is 114 cm³/mol. The molecule has 4 rings (SSSR count). The topological polar surface area (TPSA) is 49.6 Å². The molecule has 0 spiro atoms. The fourth-order valence-electron chi connectivity index (χ4n) is 3.88. The molecule has 2 atom stereocenters. The van der Waals surface area contributed by atoms with Crippen molar-refractivity contribution in [3.8, 4) is 0 Å². The molecule has 0 fully saturated rings. The van der Waals surface area contributed by atoms with Crippen molar-refractivity contribution in [2.24, 2.45) is 4.99 Å². The Morgan fingerprint density at radius 3 is 2.59 bits per heavy atom. The van der Waals surface area contributed by atoms with Crippen LogP contribution in [0, 0.1) is 19.7 Å². The number of hydrogen-bond donors (Lipinski definition) is 1. The maximum absolute atomic E-state index is 13.6. The van der Waals surface area contributed by atoms with Crippen LogP contribution >= 0.6 is 0 Å². The molecular weight excluding hydrogens is 367 g/mol. The second-order valence-corrected chi connectivity index (χ2v) is 7.73. The third-order valence-corrected chi connectivity index (χ3v) is 5.73. The van der Waals surface area contributed by atoms with Crippen molar-refractivity contribution in [2.45, 2.75) is 46.3 Å². The van der Waals surface area contributed by atoms with Gasteiger partial charge in [0.05, 0.1) is 23.5 Å². The Bertz CT molecular complexity index is 1090. The molecule has 0 saturated heterocycles. The van der Waals surface area contributed by atoms with Crippen molar-refractivity contribution in [3.63, 3.8) is 0 Å². The van der Waals surface area contributed by atoms with Crippen molar-refractivity contribution in [1.29, 1.82) is 0 Å². The highest BCUT2D eigenvalue weighted by atomic mass is 19.1. The van der Waals surface area contributed by atoms with Crippen molar-refractivity contribution in [1.82, 2.24) is 14.8 Å². The van der Waals surface area contributed by atoms with Crippen LogP contribution in [0.25, 0.3) is 5.70 Å². The molecule has 3 heterocycles.